The molecule has 27 heavy (non-hydrogen) atoms. The number of hydrogen-bond donors (Lipinski definition) is 1. The van der Waals surface area contributed by atoms with Crippen LogP contribution in [0.4, 0.5) is 0 Å². The molecule has 0 unspecified atom stereocenters. The van der Waals surface area contributed by atoms with Crippen molar-refractivity contribution in [3.63, 3.8) is 0 Å². The van der Waals surface area contributed by atoms with E-state index in [4.69, 9.17) is 9.47 Å². The van der Waals surface area contributed by atoms with Crippen LogP contribution in [0, 0.1) is 6.92 Å². The second-order valence-electron chi connectivity index (χ2n) is 6.76. The van der Waals surface area contributed by atoms with E-state index in [1.807, 2.05) is 48.2 Å². The number of nitrogens with zero attached hydrogens (tertiary/aromatic N) is 3. The van der Waals surface area contributed by atoms with Crippen molar-refractivity contribution in [2.45, 2.75) is 25.9 Å². The van der Waals surface area contributed by atoms with Crippen molar-refractivity contribution in [1.29, 1.82) is 0 Å². The first-order valence-electron chi connectivity index (χ1n) is 9.05. The number of piperidine rings is 1. The molecule has 0 bridgehead atoms. The Morgan fingerprint density at radius 3 is 2.67 bits per heavy atom. The van der Waals surface area contributed by atoms with Crippen LogP contribution in [0.25, 0.3) is 10.9 Å². The van der Waals surface area contributed by atoms with Crippen molar-refractivity contribution in [3.05, 3.63) is 47.8 Å². The van der Waals surface area contributed by atoms with Gasteiger partial charge < -0.3 is 19.4 Å². The molecule has 0 saturated carbocycles. The van der Waals surface area contributed by atoms with Gasteiger partial charge in [-0.05, 0) is 31.2 Å². The number of fused-ring (bicyclic) bond motifs is 1. The number of likely N-dealkylation sites (tertiary alicyclic amines) is 1. The summed E-state index contributed by atoms with van der Waals surface area (Å²) in [6.07, 6.45) is 1.60. The standard InChI is InChI=1S/C20H22N4O3/c1-13-3-6-19(23-22-13)27-15-7-9-24(10-8-15)20(25)18-11-14-4-5-16(26-2)12-17(14)21-18/h3-6,11-12,15,21H,7-10H2,1-2H3. The van der Waals surface area contributed by atoms with Gasteiger partial charge in [-0.3, -0.25) is 4.79 Å². The zero-order valence-electron chi connectivity index (χ0n) is 15.4. The molecule has 1 aliphatic heterocycles. The summed E-state index contributed by atoms with van der Waals surface area (Å²) in [5.74, 6) is 1.31. The van der Waals surface area contributed by atoms with E-state index in [1.165, 1.54) is 0 Å². The van der Waals surface area contributed by atoms with E-state index in [1.54, 1.807) is 7.11 Å². The fourth-order valence-electron chi connectivity index (χ4n) is 3.32. The minimum atomic E-state index is 0.0127. The zero-order chi connectivity index (χ0) is 18.8. The molecule has 1 aliphatic rings. The highest BCUT2D eigenvalue weighted by Gasteiger charge is 2.26. The van der Waals surface area contributed by atoms with Gasteiger partial charge in [0.2, 0.25) is 5.88 Å². The normalized spacial score (nSPS) is 15.1. The SMILES string of the molecule is COc1ccc2cc(C(=O)N3CCC(Oc4ccc(C)nn4)CC3)[nH]c2c1. The maximum Gasteiger partial charge on any atom is 0.270 e. The maximum atomic E-state index is 12.8. The summed E-state index contributed by atoms with van der Waals surface area (Å²) in [4.78, 5) is 17.9. The minimum Gasteiger partial charge on any atom is -0.497 e. The first kappa shape index (κ1) is 17.3. The third-order valence-electron chi connectivity index (χ3n) is 4.85. The zero-order valence-corrected chi connectivity index (χ0v) is 15.4. The number of benzene rings is 1. The van der Waals surface area contributed by atoms with Crippen LogP contribution in [-0.4, -0.2) is 52.3 Å². The van der Waals surface area contributed by atoms with Crippen molar-refractivity contribution in [1.82, 2.24) is 20.1 Å². The van der Waals surface area contributed by atoms with Crippen molar-refractivity contribution >= 4 is 16.8 Å². The van der Waals surface area contributed by atoms with Gasteiger partial charge >= 0.3 is 0 Å². The van der Waals surface area contributed by atoms with E-state index in [-0.39, 0.29) is 12.0 Å². The predicted molar refractivity (Wildman–Crippen MR) is 101 cm³/mol. The van der Waals surface area contributed by atoms with Crippen LogP contribution in [0.5, 0.6) is 11.6 Å². The Hall–Kier alpha value is -3.09. The number of H-pyrrole nitrogens is 1. The second kappa shape index (κ2) is 7.26. The number of aromatic amines is 1. The van der Waals surface area contributed by atoms with Crippen LogP contribution >= 0.6 is 0 Å². The number of rotatable bonds is 4. The lowest BCUT2D eigenvalue weighted by atomic mass is 10.1. The highest BCUT2D eigenvalue weighted by molar-refractivity contribution is 5.98. The van der Waals surface area contributed by atoms with Gasteiger partial charge in [0.25, 0.3) is 5.91 Å². The van der Waals surface area contributed by atoms with Crippen LogP contribution in [0.1, 0.15) is 29.0 Å². The lowest BCUT2D eigenvalue weighted by Crippen LogP contribution is -2.42. The monoisotopic (exact) mass is 366 g/mol. The number of carbonyl (C=O) groups is 1. The Bertz CT molecular complexity index is 944. The van der Waals surface area contributed by atoms with E-state index < -0.39 is 0 Å². The molecule has 1 fully saturated rings. The molecule has 140 valence electrons. The van der Waals surface area contributed by atoms with Gasteiger partial charge in [-0.25, -0.2) is 0 Å². The second-order valence-corrected chi connectivity index (χ2v) is 6.76. The molecule has 0 radical (unpaired) electrons. The number of ether oxygens (including phenoxy) is 2. The van der Waals surface area contributed by atoms with Crippen LogP contribution in [0.15, 0.2) is 36.4 Å². The van der Waals surface area contributed by atoms with Gasteiger partial charge in [-0.1, -0.05) is 0 Å². The lowest BCUT2D eigenvalue weighted by Gasteiger charge is -2.31. The Labute approximate surface area is 157 Å². The Morgan fingerprint density at radius 1 is 1.15 bits per heavy atom. The average Bonchev–Trinajstić information content (AvgIpc) is 3.13. The largest absolute Gasteiger partial charge is 0.497 e. The van der Waals surface area contributed by atoms with Gasteiger partial charge in [0.15, 0.2) is 0 Å². The first-order valence-corrected chi connectivity index (χ1v) is 9.05. The summed E-state index contributed by atoms with van der Waals surface area (Å²) < 4.78 is 11.1. The third kappa shape index (κ3) is 3.72. The molecule has 0 spiro atoms. The molecule has 2 aromatic heterocycles. The molecule has 1 N–H and O–H groups in total. The van der Waals surface area contributed by atoms with Crippen LogP contribution < -0.4 is 9.47 Å². The molecule has 1 aromatic carbocycles. The molecule has 4 rings (SSSR count). The maximum absolute atomic E-state index is 12.8. The Kier molecular flexibility index (Phi) is 4.66. The van der Waals surface area contributed by atoms with E-state index in [9.17, 15) is 4.79 Å². The third-order valence-corrected chi connectivity index (χ3v) is 4.85. The minimum absolute atomic E-state index is 0.0127. The van der Waals surface area contributed by atoms with Gasteiger partial charge in [-0.2, -0.15) is 5.10 Å². The fraction of sp³-hybridized carbons (Fsp3) is 0.350. The Morgan fingerprint density at radius 2 is 1.96 bits per heavy atom. The van der Waals surface area contributed by atoms with E-state index in [0.29, 0.717) is 24.7 Å². The number of nitrogens with one attached hydrogen (secondary N) is 1. The summed E-state index contributed by atoms with van der Waals surface area (Å²) in [5.41, 5.74) is 2.36. The van der Waals surface area contributed by atoms with E-state index in [2.05, 4.69) is 15.2 Å². The molecule has 0 aliphatic carbocycles. The molecule has 1 amide bonds. The quantitative estimate of drug-likeness (QED) is 0.768. The average molecular weight is 366 g/mol. The van der Waals surface area contributed by atoms with Gasteiger partial charge in [0.1, 0.15) is 17.5 Å². The molecule has 7 nitrogen and oxygen atoms in total. The summed E-state index contributed by atoms with van der Waals surface area (Å²) in [6.45, 7) is 3.20. The van der Waals surface area contributed by atoms with E-state index >= 15 is 0 Å². The highest BCUT2D eigenvalue weighted by Crippen LogP contribution is 2.23. The smallest absolute Gasteiger partial charge is 0.270 e. The molecular weight excluding hydrogens is 344 g/mol. The van der Waals surface area contributed by atoms with Crippen LogP contribution in [0.3, 0.4) is 0 Å². The van der Waals surface area contributed by atoms with Gasteiger partial charge in [-0.15, -0.1) is 5.10 Å². The number of carbonyl (C=O) groups excluding carboxylic acids is 1. The number of hydrogen-bond acceptors (Lipinski definition) is 5. The molecule has 7 heteroatoms. The summed E-state index contributed by atoms with van der Waals surface area (Å²) in [5, 5.41) is 9.05. The number of aryl methyl sites for hydroxylation is 1. The molecule has 0 atom stereocenters. The topological polar surface area (TPSA) is 80.3 Å². The number of amides is 1. The molecule has 1 saturated heterocycles. The van der Waals surface area contributed by atoms with Gasteiger partial charge in [0.05, 0.1) is 12.8 Å². The van der Waals surface area contributed by atoms with Crippen molar-refractivity contribution in [2.75, 3.05) is 20.2 Å². The van der Waals surface area contributed by atoms with Crippen LogP contribution in [-0.2, 0) is 0 Å². The molecule has 3 heterocycles. The summed E-state index contributed by atoms with van der Waals surface area (Å²) in [7, 11) is 1.63. The molecule has 3 aromatic rings. The first-order chi connectivity index (χ1) is 13.1. The van der Waals surface area contributed by atoms with E-state index in [0.717, 1.165) is 35.2 Å². The van der Waals surface area contributed by atoms with Crippen molar-refractivity contribution < 1.29 is 14.3 Å². The van der Waals surface area contributed by atoms with Crippen molar-refractivity contribution in [3.8, 4) is 11.6 Å². The fourth-order valence-corrected chi connectivity index (χ4v) is 3.32. The van der Waals surface area contributed by atoms with Crippen LogP contribution in [0.2, 0.25) is 0 Å². The lowest BCUT2D eigenvalue weighted by molar-refractivity contribution is 0.0581. The summed E-state index contributed by atoms with van der Waals surface area (Å²) in [6, 6.07) is 11.3. The van der Waals surface area contributed by atoms with Gasteiger partial charge in [0, 0.05) is 49.0 Å². The Balaban J connectivity index is 1.39. The highest BCUT2D eigenvalue weighted by atomic mass is 16.5. The number of methoxy groups -OCH3 is 1. The van der Waals surface area contributed by atoms with Crippen molar-refractivity contribution in [2.24, 2.45) is 0 Å². The molecular formula is C20H22N4O3. The predicted octanol–water partition coefficient (Wildman–Crippen LogP) is 2.96. The summed E-state index contributed by atoms with van der Waals surface area (Å²) >= 11 is 0. The number of aromatic nitrogens is 3.